The average Bonchev–Trinajstić information content (AvgIpc) is 2.77. The Morgan fingerprint density at radius 1 is 1.41 bits per heavy atom. The predicted molar refractivity (Wildman–Crippen MR) is 69.1 cm³/mol. The zero-order chi connectivity index (χ0) is 12.7. The van der Waals surface area contributed by atoms with Gasteiger partial charge in [0.25, 0.3) is 0 Å². The van der Waals surface area contributed by atoms with Crippen molar-refractivity contribution in [1.29, 1.82) is 0 Å². The standard InChI is InChI=1S/C13H24N2O2/c1-3-4-5-6-7-8-12(17)13-14-9-10-15(13)11(2)16/h11,16H,3-10H2,1-2H3. The van der Waals surface area contributed by atoms with E-state index in [1.54, 1.807) is 11.8 Å². The molecule has 1 aliphatic heterocycles. The van der Waals surface area contributed by atoms with Crippen molar-refractivity contribution in [3.05, 3.63) is 0 Å². The van der Waals surface area contributed by atoms with Crippen LogP contribution in [0.4, 0.5) is 0 Å². The van der Waals surface area contributed by atoms with Gasteiger partial charge in [0, 0.05) is 13.0 Å². The third kappa shape index (κ3) is 4.46. The molecule has 0 amide bonds. The number of Topliss-reactive ketones (excluding diaryl/α,β-unsaturated/α-hetero) is 1. The Labute approximate surface area is 104 Å². The quantitative estimate of drug-likeness (QED) is 0.660. The molecule has 0 bridgehead atoms. The smallest absolute Gasteiger partial charge is 0.197 e. The molecule has 1 aliphatic rings. The minimum atomic E-state index is -0.611. The molecule has 0 aliphatic carbocycles. The largest absolute Gasteiger partial charge is 0.374 e. The van der Waals surface area contributed by atoms with Gasteiger partial charge in [-0.1, -0.05) is 32.6 Å². The highest BCUT2D eigenvalue weighted by Crippen LogP contribution is 2.11. The van der Waals surface area contributed by atoms with E-state index in [0.717, 1.165) is 12.8 Å². The third-order valence-electron chi connectivity index (χ3n) is 3.08. The maximum absolute atomic E-state index is 11.9. The lowest BCUT2D eigenvalue weighted by Gasteiger charge is -2.22. The van der Waals surface area contributed by atoms with E-state index in [9.17, 15) is 9.90 Å². The van der Waals surface area contributed by atoms with Gasteiger partial charge in [-0.2, -0.15) is 0 Å². The fourth-order valence-electron chi connectivity index (χ4n) is 2.07. The molecule has 0 saturated carbocycles. The highest BCUT2D eigenvalue weighted by atomic mass is 16.3. The Morgan fingerprint density at radius 2 is 2.12 bits per heavy atom. The molecule has 0 aromatic heterocycles. The van der Waals surface area contributed by atoms with Gasteiger partial charge < -0.3 is 10.0 Å². The molecule has 0 saturated heterocycles. The van der Waals surface area contributed by atoms with Crippen molar-refractivity contribution in [2.24, 2.45) is 4.99 Å². The van der Waals surface area contributed by atoms with Crippen molar-refractivity contribution >= 4 is 11.6 Å². The van der Waals surface area contributed by atoms with Crippen LogP contribution in [0.5, 0.6) is 0 Å². The van der Waals surface area contributed by atoms with Gasteiger partial charge in [0.2, 0.25) is 0 Å². The molecule has 0 aromatic carbocycles. The summed E-state index contributed by atoms with van der Waals surface area (Å²) in [5.74, 6) is 0.565. The van der Waals surface area contributed by atoms with Crippen molar-refractivity contribution in [2.75, 3.05) is 13.1 Å². The van der Waals surface area contributed by atoms with Crippen LogP contribution in [0.2, 0.25) is 0 Å². The molecule has 1 heterocycles. The summed E-state index contributed by atoms with van der Waals surface area (Å²) in [5, 5.41) is 9.51. The second-order valence-corrected chi connectivity index (χ2v) is 4.62. The van der Waals surface area contributed by atoms with Gasteiger partial charge in [-0.15, -0.1) is 0 Å². The van der Waals surface area contributed by atoms with E-state index >= 15 is 0 Å². The van der Waals surface area contributed by atoms with Gasteiger partial charge in [-0.05, 0) is 13.3 Å². The molecular weight excluding hydrogens is 216 g/mol. The molecule has 1 unspecified atom stereocenters. The summed E-state index contributed by atoms with van der Waals surface area (Å²) in [4.78, 5) is 17.8. The summed E-state index contributed by atoms with van der Waals surface area (Å²) in [7, 11) is 0. The number of aliphatic hydroxyl groups is 1. The van der Waals surface area contributed by atoms with Gasteiger partial charge in [0.15, 0.2) is 11.6 Å². The second kappa shape index (κ2) is 7.43. The predicted octanol–water partition coefficient (Wildman–Crippen LogP) is 1.97. The number of amidine groups is 1. The van der Waals surface area contributed by atoms with Gasteiger partial charge in [0.1, 0.15) is 6.23 Å². The Hall–Kier alpha value is -0.900. The van der Waals surface area contributed by atoms with Crippen LogP contribution in [0.15, 0.2) is 4.99 Å². The fraction of sp³-hybridized carbons (Fsp3) is 0.846. The topological polar surface area (TPSA) is 52.9 Å². The van der Waals surface area contributed by atoms with Crippen LogP contribution in [0.25, 0.3) is 0 Å². The monoisotopic (exact) mass is 240 g/mol. The van der Waals surface area contributed by atoms with E-state index in [1.807, 2.05) is 0 Å². The highest BCUT2D eigenvalue weighted by molar-refractivity contribution is 6.39. The van der Waals surface area contributed by atoms with Crippen molar-refractivity contribution in [2.45, 2.75) is 58.6 Å². The number of rotatable bonds is 8. The minimum Gasteiger partial charge on any atom is -0.374 e. The van der Waals surface area contributed by atoms with E-state index in [0.29, 0.717) is 25.3 Å². The molecule has 0 spiro atoms. The normalized spacial score (nSPS) is 17.1. The van der Waals surface area contributed by atoms with Crippen LogP contribution in [-0.4, -0.2) is 40.9 Å². The highest BCUT2D eigenvalue weighted by Gasteiger charge is 2.25. The molecule has 4 heteroatoms. The average molecular weight is 240 g/mol. The summed E-state index contributed by atoms with van der Waals surface area (Å²) in [6.07, 6.45) is 5.67. The maximum atomic E-state index is 11.9. The summed E-state index contributed by atoms with van der Waals surface area (Å²) in [5.41, 5.74) is 0. The fourth-order valence-corrected chi connectivity index (χ4v) is 2.07. The number of carbonyl (C=O) groups excluding carboxylic acids is 1. The van der Waals surface area contributed by atoms with Crippen LogP contribution in [0, 0.1) is 0 Å². The molecule has 1 atom stereocenters. The van der Waals surface area contributed by atoms with Crippen LogP contribution < -0.4 is 0 Å². The SMILES string of the molecule is CCCCCCCC(=O)C1=NCCN1C(C)O. The number of hydrogen-bond donors (Lipinski definition) is 1. The number of hydrogen-bond acceptors (Lipinski definition) is 4. The third-order valence-corrected chi connectivity index (χ3v) is 3.08. The second-order valence-electron chi connectivity index (χ2n) is 4.62. The molecule has 0 fully saturated rings. The van der Waals surface area contributed by atoms with E-state index in [1.165, 1.54) is 19.3 Å². The first-order valence-electron chi connectivity index (χ1n) is 6.69. The summed E-state index contributed by atoms with van der Waals surface area (Å²) in [6.45, 7) is 5.14. The lowest BCUT2D eigenvalue weighted by Crippen LogP contribution is -2.39. The lowest BCUT2D eigenvalue weighted by atomic mass is 10.1. The molecule has 0 aromatic rings. The Morgan fingerprint density at radius 3 is 2.76 bits per heavy atom. The molecule has 98 valence electrons. The zero-order valence-corrected chi connectivity index (χ0v) is 11.0. The molecule has 4 nitrogen and oxygen atoms in total. The summed E-state index contributed by atoms with van der Waals surface area (Å²) >= 11 is 0. The lowest BCUT2D eigenvalue weighted by molar-refractivity contribution is -0.114. The number of ketones is 1. The number of carbonyl (C=O) groups is 1. The van der Waals surface area contributed by atoms with E-state index in [2.05, 4.69) is 11.9 Å². The van der Waals surface area contributed by atoms with Gasteiger partial charge in [-0.3, -0.25) is 9.79 Å². The number of aliphatic imine (C=N–C) groups is 1. The Balaban J connectivity index is 2.27. The van der Waals surface area contributed by atoms with E-state index in [4.69, 9.17) is 0 Å². The Kier molecular flexibility index (Phi) is 6.19. The van der Waals surface area contributed by atoms with Gasteiger partial charge in [0.05, 0.1) is 6.54 Å². The molecule has 17 heavy (non-hydrogen) atoms. The number of aliphatic hydroxyl groups excluding tert-OH is 1. The van der Waals surface area contributed by atoms with Crippen LogP contribution >= 0.6 is 0 Å². The van der Waals surface area contributed by atoms with Gasteiger partial charge in [-0.25, -0.2) is 0 Å². The maximum Gasteiger partial charge on any atom is 0.197 e. The van der Waals surface area contributed by atoms with Gasteiger partial charge >= 0.3 is 0 Å². The van der Waals surface area contributed by atoms with Crippen LogP contribution in [-0.2, 0) is 4.79 Å². The summed E-state index contributed by atoms with van der Waals surface area (Å²) < 4.78 is 0. The number of nitrogens with zero attached hydrogens (tertiary/aromatic N) is 2. The molecule has 1 N–H and O–H groups in total. The zero-order valence-electron chi connectivity index (χ0n) is 11.0. The molecular formula is C13H24N2O2. The summed E-state index contributed by atoms with van der Waals surface area (Å²) in [6, 6.07) is 0. The van der Waals surface area contributed by atoms with Crippen molar-refractivity contribution in [1.82, 2.24) is 4.90 Å². The molecule has 0 radical (unpaired) electrons. The Bertz CT molecular complexity index is 275. The first-order chi connectivity index (χ1) is 8.16. The number of unbranched alkanes of at least 4 members (excludes halogenated alkanes) is 4. The van der Waals surface area contributed by atoms with Crippen molar-refractivity contribution in [3.63, 3.8) is 0 Å². The van der Waals surface area contributed by atoms with Crippen LogP contribution in [0.3, 0.4) is 0 Å². The van der Waals surface area contributed by atoms with Crippen molar-refractivity contribution < 1.29 is 9.90 Å². The van der Waals surface area contributed by atoms with E-state index < -0.39 is 6.23 Å². The first-order valence-corrected chi connectivity index (χ1v) is 6.69. The van der Waals surface area contributed by atoms with Crippen molar-refractivity contribution in [3.8, 4) is 0 Å². The first kappa shape index (κ1) is 14.2. The minimum absolute atomic E-state index is 0.0832. The van der Waals surface area contributed by atoms with E-state index in [-0.39, 0.29) is 5.78 Å². The van der Waals surface area contributed by atoms with Crippen LogP contribution in [0.1, 0.15) is 52.4 Å². The molecule has 1 rings (SSSR count).